The first-order valence-corrected chi connectivity index (χ1v) is 11.2. The van der Waals surface area contributed by atoms with Gasteiger partial charge < -0.3 is 10.2 Å². The molecule has 0 heterocycles. The Balaban J connectivity index is 3.38. The molecule has 0 aromatic carbocycles. The molecule has 1 aliphatic rings. The van der Waals surface area contributed by atoms with Gasteiger partial charge in [-0.25, -0.2) is 0 Å². The van der Waals surface area contributed by atoms with Crippen LogP contribution in [-0.4, -0.2) is 22.2 Å². The number of aliphatic carboxylic acids is 2. The summed E-state index contributed by atoms with van der Waals surface area (Å²) in [6, 6.07) is 0. The highest BCUT2D eigenvalue weighted by molar-refractivity contribution is 5.90. The summed E-state index contributed by atoms with van der Waals surface area (Å²) in [5.74, 6) is -1.59. The van der Waals surface area contributed by atoms with Crippen LogP contribution in [0.1, 0.15) is 91.9 Å². The molecule has 4 atom stereocenters. The van der Waals surface area contributed by atoms with Crippen molar-refractivity contribution < 1.29 is 19.8 Å². The molecule has 28 heavy (non-hydrogen) atoms. The van der Waals surface area contributed by atoms with Gasteiger partial charge in [0.15, 0.2) is 0 Å². The van der Waals surface area contributed by atoms with E-state index in [2.05, 4.69) is 27.7 Å². The van der Waals surface area contributed by atoms with E-state index in [4.69, 9.17) is 0 Å². The van der Waals surface area contributed by atoms with E-state index in [1.807, 2.05) is 0 Å². The molecule has 1 aliphatic carbocycles. The molecule has 0 amide bonds. The fourth-order valence-corrected chi connectivity index (χ4v) is 4.73. The Morgan fingerprint density at radius 3 is 1.36 bits per heavy atom. The van der Waals surface area contributed by atoms with Crippen LogP contribution in [0.4, 0.5) is 0 Å². The zero-order valence-corrected chi connectivity index (χ0v) is 18.2. The van der Waals surface area contributed by atoms with Crippen LogP contribution in [0.15, 0.2) is 24.3 Å². The lowest BCUT2D eigenvalue weighted by Gasteiger charge is -2.46. The number of carboxylic acid groups (broad SMARTS) is 2. The van der Waals surface area contributed by atoms with Gasteiger partial charge in [-0.2, -0.15) is 0 Å². The quantitative estimate of drug-likeness (QED) is 0.355. The SMILES string of the molecule is CCCCC(CC)CC1(C(=O)O)C=CC=CC1(CC(CC)CCCC)C(=O)O. The summed E-state index contributed by atoms with van der Waals surface area (Å²) >= 11 is 0. The van der Waals surface area contributed by atoms with Crippen molar-refractivity contribution in [3.63, 3.8) is 0 Å². The fraction of sp³-hybridized carbons (Fsp3) is 0.750. The van der Waals surface area contributed by atoms with Crippen LogP contribution >= 0.6 is 0 Å². The van der Waals surface area contributed by atoms with Gasteiger partial charge in [-0.3, -0.25) is 9.59 Å². The Kier molecular flexibility index (Phi) is 9.98. The first-order chi connectivity index (χ1) is 13.3. The lowest BCUT2D eigenvalue weighted by atomic mass is 9.54. The minimum atomic E-state index is -1.39. The Morgan fingerprint density at radius 2 is 1.11 bits per heavy atom. The van der Waals surface area contributed by atoms with E-state index in [0.29, 0.717) is 12.8 Å². The van der Waals surface area contributed by atoms with E-state index in [9.17, 15) is 19.8 Å². The molecule has 0 spiro atoms. The molecule has 4 unspecified atom stereocenters. The Morgan fingerprint density at radius 1 is 0.750 bits per heavy atom. The molecule has 0 saturated heterocycles. The van der Waals surface area contributed by atoms with E-state index in [0.717, 1.165) is 51.4 Å². The van der Waals surface area contributed by atoms with Gasteiger partial charge in [-0.05, 0) is 24.7 Å². The van der Waals surface area contributed by atoms with Crippen LogP contribution < -0.4 is 0 Å². The van der Waals surface area contributed by atoms with E-state index >= 15 is 0 Å². The molecule has 0 bridgehead atoms. The molecule has 0 saturated carbocycles. The van der Waals surface area contributed by atoms with Crippen molar-refractivity contribution in [3.05, 3.63) is 24.3 Å². The minimum absolute atomic E-state index is 0.210. The van der Waals surface area contributed by atoms with Crippen LogP contribution in [0.5, 0.6) is 0 Å². The van der Waals surface area contributed by atoms with Crippen LogP contribution in [0.25, 0.3) is 0 Å². The maximum Gasteiger partial charge on any atom is 0.315 e. The standard InChI is InChI=1S/C24H40O4/c1-5-9-13-19(7-3)17-23(21(25)26)15-11-12-16-24(23,22(27)28)18-20(8-4)14-10-6-2/h11-12,15-16,19-20H,5-10,13-14,17-18H2,1-4H3,(H,25,26)(H,27,28). The third-order valence-electron chi connectivity index (χ3n) is 6.74. The molecule has 0 aromatic heterocycles. The summed E-state index contributed by atoms with van der Waals surface area (Å²) in [6.45, 7) is 8.42. The number of hydrogen-bond acceptors (Lipinski definition) is 2. The van der Waals surface area contributed by atoms with Crippen molar-refractivity contribution in [1.29, 1.82) is 0 Å². The minimum Gasteiger partial charge on any atom is -0.481 e. The maximum absolute atomic E-state index is 12.7. The maximum atomic E-state index is 12.7. The largest absolute Gasteiger partial charge is 0.481 e. The topological polar surface area (TPSA) is 74.6 Å². The van der Waals surface area contributed by atoms with Crippen molar-refractivity contribution in [2.75, 3.05) is 0 Å². The zero-order valence-electron chi connectivity index (χ0n) is 18.2. The molecule has 0 aliphatic heterocycles. The first kappa shape index (κ1) is 24.5. The monoisotopic (exact) mass is 392 g/mol. The van der Waals surface area contributed by atoms with Gasteiger partial charge in [0.1, 0.15) is 10.8 Å². The number of carbonyl (C=O) groups is 2. The zero-order chi connectivity index (χ0) is 21.2. The molecule has 0 radical (unpaired) electrons. The second kappa shape index (κ2) is 11.4. The number of allylic oxidation sites excluding steroid dienone is 2. The lowest BCUT2D eigenvalue weighted by Crippen LogP contribution is -2.53. The number of carboxylic acids is 2. The van der Waals surface area contributed by atoms with Crippen LogP contribution in [0, 0.1) is 22.7 Å². The summed E-state index contributed by atoms with van der Waals surface area (Å²) in [5, 5.41) is 20.7. The van der Waals surface area contributed by atoms with Gasteiger partial charge in [-0.1, -0.05) is 103 Å². The molecule has 0 aromatic rings. The average molecular weight is 393 g/mol. The third-order valence-corrected chi connectivity index (χ3v) is 6.74. The highest BCUT2D eigenvalue weighted by atomic mass is 16.4. The van der Waals surface area contributed by atoms with Crippen LogP contribution in [0.2, 0.25) is 0 Å². The summed E-state index contributed by atoms with van der Waals surface area (Å²) in [4.78, 5) is 25.3. The van der Waals surface area contributed by atoms with E-state index in [1.165, 1.54) is 0 Å². The molecule has 1 rings (SSSR count). The summed E-state index contributed by atoms with van der Waals surface area (Å²) in [7, 11) is 0. The summed E-state index contributed by atoms with van der Waals surface area (Å²) < 4.78 is 0. The molecular weight excluding hydrogens is 352 g/mol. The Bertz CT molecular complexity index is 515. The van der Waals surface area contributed by atoms with Crippen LogP contribution in [0.3, 0.4) is 0 Å². The first-order valence-electron chi connectivity index (χ1n) is 11.2. The van der Waals surface area contributed by atoms with Gasteiger partial charge in [0, 0.05) is 0 Å². The van der Waals surface area contributed by atoms with E-state index in [-0.39, 0.29) is 11.8 Å². The highest BCUT2D eigenvalue weighted by Crippen LogP contribution is 2.54. The van der Waals surface area contributed by atoms with Gasteiger partial charge in [0.05, 0.1) is 0 Å². The molecule has 4 heteroatoms. The highest BCUT2D eigenvalue weighted by Gasteiger charge is 2.60. The predicted molar refractivity (Wildman–Crippen MR) is 114 cm³/mol. The molecule has 0 fully saturated rings. The van der Waals surface area contributed by atoms with Crippen molar-refractivity contribution in [2.45, 2.75) is 91.9 Å². The van der Waals surface area contributed by atoms with E-state index in [1.54, 1.807) is 24.3 Å². The number of rotatable bonds is 14. The Labute approximate surface area is 171 Å². The fourth-order valence-electron chi connectivity index (χ4n) is 4.73. The Hall–Kier alpha value is -1.58. The van der Waals surface area contributed by atoms with Gasteiger partial charge in [0.2, 0.25) is 0 Å². The summed E-state index contributed by atoms with van der Waals surface area (Å²) in [5.41, 5.74) is -2.77. The third kappa shape index (κ3) is 5.27. The second-order valence-electron chi connectivity index (χ2n) is 8.51. The predicted octanol–water partition coefficient (Wildman–Crippen LogP) is 6.47. The molecule has 2 N–H and O–H groups in total. The van der Waals surface area contributed by atoms with E-state index < -0.39 is 22.8 Å². The van der Waals surface area contributed by atoms with Gasteiger partial charge in [0.25, 0.3) is 0 Å². The van der Waals surface area contributed by atoms with Crippen LogP contribution in [-0.2, 0) is 9.59 Å². The second-order valence-corrected chi connectivity index (χ2v) is 8.51. The number of unbranched alkanes of at least 4 members (excludes halogenated alkanes) is 2. The van der Waals surface area contributed by atoms with Gasteiger partial charge in [-0.15, -0.1) is 0 Å². The molecular formula is C24H40O4. The average Bonchev–Trinajstić information content (AvgIpc) is 2.68. The normalized spacial score (nSPS) is 26.1. The summed E-state index contributed by atoms with van der Waals surface area (Å²) in [6.07, 6.45) is 15.4. The molecule has 160 valence electrons. The van der Waals surface area contributed by atoms with Crippen molar-refractivity contribution >= 4 is 11.9 Å². The molecule has 4 nitrogen and oxygen atoms in total. The van der Waals surface area contributed by atoms with Gasteiger partial charge >= 0.3 is 11.9 Å². The van der Waals surface area contributed by atoms with Crippen molar-refractivity contribution in [1.82, 2.24) is 0 Å². The smallest absolute Gasteiger partial charge is 0.315 e. The number of hydrogen-bond donors (Lipinski definition) is 2. The van der Waals surface area contributed by atoms with Crippen molar-refractivity contribution in [3.8, 4) is 0 Å². The van der Waals surface area contributed by atoms with Crippen molar-refractivity contribution in [2.24, 2.45) is 22.7 Å². The lowest BCUT2D eigenvalue weighted by molar-refractivity contribution is -0.168.